The summed E-state index contributed by atoms with van der Waals surface area (Å²) in [5.41, 5.74) is 3.46. The van der Waals surface area contributed by atoms with Gasteiger partial charge in [0.15, 0.2) is 0 Å². The Morgan fingerprint density at radius 1 is 0.950 bits per heavy atom. The molecule has 1 fully saturated rings. The number of nitrogens with zero attached hydrogens (tertiary/aromatic N) is 4. The van der Waals surface area contributed by atoms with Gasteiger partial charge in [0.2, 0.25) is 0 Å². The van der Waals surface area contributed by atoms with Crippen molar-refractivity contribution in [1.29, 1.82) is 0 Å². The molecule has 104 valence electrons. The quantitative estimate of drug-likeness (QED) is 0.836. The Bertz CT molecular complexity index is 555. The van der Waals surface area contributed by atoms with Crippen LogP contribution >= 0.6 is 0 Å². The Hall–Kier alpha value is -1.94. The number of pyridine rings is 2. The van der Waals surface area contributed by atoms with E-state index in [1.165, 1.54) is 18.7 Å². The van der Waals surface area contributed by atoms with Crippen molar-refractivity contribution in [3.8, 4) is 11.1 Å². The summed E-state index contributed by atoms with van der Waals surface area (Å²) >= 11 is 0. The van der Waals surface area contributed by atoms with Crippen molar-refractivity contribution >= 4 is 5.69 Å². The minimum atomic E-state index is 1.06. The summed E-state index contributed by atoms with van der Waals surface area (Å²) in [7, 11) is 2.19. The Balaban J connectivity index is 1.84. The van der Waals surface area contributed by atoms with E-state index in [4.69, 9.17) is 0 Å². The van der Waals surface area contributed by atoms with Crippen LogP contribution in [0.1, 0.15) is 6.42 Å². The Morgan fingerprint density at radius 2 is 1.85 bits per heavy atom. The standard InChI is InChI=1S/C16H20N4/c1-19-6-3-7-20(9-8-19)16-10-15(12-18-13-16)14-4-2-5-17-11-14/h2,4-5,10-13H,3,6-9H2,1H3. The fraction of sp³-hybridized carbons (Fsp3) is 0.375. The third-order valence-corrected chi connectivity index (χ3v) is 3.80. The first-order chi connectivity index (χ1) is 9.83. The van der Waals surface area contributed by atoms with Crippen LogP contribution < -0.4 is 4.90 Å². The minimum absolute atomic E-state index is 1.06. The monoisotopic (exact) mass is 268 g/mol. The second-order valence-corrected chi connectivity index (χ2v) is 5.32. The van der Waals surface area contributed by atoms with Gasteiger partial charge in [0.05, 0.1) is 11.9 Å². The van der Waals surface area contributed by atoms with E-state index < -0.39 is 0 Å². The summed E-state index contributed by atoms with van der Waals surface area (Å²) in [6.07, 6.45) is 8.76. The molecule has 0 bridgehead atoms. The van der Waals surface area contributed by atoms with E-state index in [2.05, 4.69) is 38.9 Å². The van der Waals surface area contributed by atoms with Gasteiger partial charge < -0.3 is 9.80 Å². The lowest BCUT2D eigenvalue weighted by Crippen LogP contribution is -2.28. The molecule has 20 heavy (non-hydrogen) atoms. The highest BCUT2D eigenvalue weighted by atomic mass is 15.2. The summed E-state index contributed by atoms with van der Waals surface area (Å²) in [6, 6.07) is 6.25. The zero-order valence-electron chi connectivity index (χ0n) is 11.9. The maximum atomic E-state index is 4.40. The smallest absolute Gasteiger partial charge is 0.0559 e. The average Bonchev–Trinajstić information content (AvgIpc) is 2.73. The van der Waals surface area contributed by atoms with Crippen LogP contribution in [-0.4, -0.2) is 48.1 Å². The molecule has 1 aliphatic heterocycles. The van der Waals surface area contributed by atoms with E-state index in [1.54, 1.807) is 6.20 Å². The molecule has 0 atom stereocenters. The van der Waals surface area contributed by atoms with Gasteiger partial charge in [0.1, 0.15) is 0 Å². The highest BCUT2D eigenvalue weighted by Gasteiger charge is 2.13. The first-order valence-corrected chi connectivity index (χ1v) is 7.12. The molecule has 1 saturated heterocycles. The molecule has 2 aromatic heterocycles. The normalized spacial score (nSPS) is 16.9. The van der Waals surface area contributed by atoms with Crippen molar-refractivity contribution in [2.75, 3.05) is 38.1 Å². The van der Waals surface area contributed by atoms with Crippen LogP contribution in [0.5, 0.6) is 0 Å². The molecule has 3 heterocycles. The molecule has 4 nitrogen and oxygen atoms in total. The van der Waals surface area contributed by atoms with Crippen LogP contribution in [0, 0.1) is 0 Å². The van der Waals surface area contributed by atoms with Crippen LogP contribution in [0.4, 0.5) is 5.69 Å². The topological polar surface area (TPSA) is 32.3 Å². The maximum Gasteiger partial charge on any atom is 0.0559 e. The molecular formula is C16H20N4. The van der Waals surface area contributed by atoms with Crippen molar-refractivity contribution in [2.45, 2.75) is 6.42 Å². The lowest BCUT2D eigenvalue weighted by Gasteiger charge is -2.22. The molecular weight excluding hydrogens is 248 g/mol. The van der Waals surface area contributed by atoms with Gasteiger partial charge in [-0.25, -0.2) is 0 Å². The molecule has 0 aliphatic carbocycles. The zero-order valence-corrected chi connectivity index (χ0v) is 11.9. The number of hydrogen-bond donors (Lipinski definition) is 0. The Morgan fingerprint density at radius 3 is 2.70 bits per heavy atom. The van der Waals surface area contributed by atoms with E-state index in [9.17, 15) is 0 Å². The van der Waals surface area contributed by atoms with Crippen molar-refractivity contribution in [3.05, 3.63) is 43.0 Å². The molecule has 2 aromatic rings. The summed E-state index contributed by atoms with van der Waals surface area (Å²) in [5, 5.41) is 0. The van der Waals surface area contributed by atoms with E-state index in [0.29, 0.717) is 0 Å². The van der Waals surface area contributed by atoms with Gasteiger partial charge in [-0.2, -0.15) is 0 Å². The molecule has 3 rings (SSSR count). The van der Waals surface area contributed by atoms with Crippen LogP contribution in [0.15, 0.2) is 43.0 Å². The summed E-state index contributed by atoms with van der Waals surface area (Å²) in [6.45, 7) is 4.44. The predicted octanol–water partition coefficient (Wildman–Crippen LogP) is 2.29. The SMILES string of the molecule is CN1CCCN(c2cncc(-c3cccnc3)c2)CC1. The molecule has 1 aliphatic rings. The number of anilines is 1. The van der Waals surface area contributed by atoms with Gasteiger partial charge >= 0.3 is 0 Å². The number of rotatable bonds is 2. The zero-order chi connectivity index (χ0) is 13.8. The van der Waals surface area contributed by atoms with Crippen LogP contribution in [-0.2, 0) is 0 Å². The van der Waals surface area contributed by atoms with Gasteiger partial charge in [-0.05, 0) is 32.1 Å². The van der Waals surface area contributed by atoms with Crippen molar-refractivity contribution in [1.82, 2.24) is 14.9 Å². The van der Waals surface area contributed by atoms with Crippen LogP contribution in [0.25, 0.3) is 11.1 Å². The summed E-state index contributed by atoms with van der Waals surface area (Å²) < 4.78 is 0. The van der Waals surface area contributed by atoms with Crippen molar-refractivity contribution < 1.29 is 0 Å². The summed E-state index contributed by atoms with van der Waals surface area (Å²) in [5.74, 6) is 0. The van der Waals surface area contributed by atoms with Crippen molar-refractivity contribution in [3.63, 3.8) is 0 Å². The van der Waals surface area contributed by atoms with Gasteiger partial charge in [0.25, 0.3) is 0 Å². The molecule has 0 N–H and O–H groups in total. The van der Waals surface area contributed by atoms with Crippen LogP contribution in [0.2, 0.25) is 0 Å². The summed E-state index contributed by atoms with van der Waals surface area (Å²) in [4.78, 5) is 13.4. The van der Waals surface area contributed by atoms with Crippen molar-refractivity contribution in [2.24, 2.45) is 0 Å². The number of hydrogen-bond acceptors (Lipinski definition) is 4. The number of aromatic nitrogens is 2. The van der Waals surface area contributed by atoms with Gasteiger partial charge in [-0.3, -0.25) is 9.97 Å². The highest BCUT2D eigenvalue weighted by Crippen LogP contribution is 2.23. The average molecular weight is 268 g/mol. The van der Waals surface area contributed by atoms with Gasteiger partial charge in [-0.15, -0.1) is 0 Å². The largest absolute Gasteiger partial charge is 0.369 e. The third kappa shape index (κ3) is 2.96. The first kappa shape index (κ1) is 13.1. The van der Waals surface area contributed by atoms with E-state index in [1.807, 2.05) is 24.7 Å². The second-order valence-electron chi connectivity index (χ2n) is 5.32. The molecule has 0 unspecified atom stereocenters. The first-order valence-electron chi connectivity index (χ1n) is 7.12. The third-order valence-electron chi connectivity index (χ3n) is 3.80. The van der Waals surface area contributed by atoms with Crippen LogP contribution in [0.3, 0.4) is 0 Å². The van der Waals surface area contributed by atoms with Gasteiger partial charge in [-0.1, -0.05) is 6.07 Å². The maximum absolute atomic E-state index is 4.40. The van der Waals surface area contributed by atoms with E-state index in [-0.39, 0.29) is 0 Å². The molecule has 0 radical (unpaired) electrons. The number of likely N-dealkylation sites (N-methyl/N-ethyl adjacent to an activating group) is 1. The highest BCUT2D eigenvalue weighted by molar-refractivity contribution is 5.66. The lowest BCUT2D eigenvalue weighted by molar-refractivity contribution is 0.360. The molecule has 0 aromatic carbocycles. The Labute approximate surface area is 120 Å². The molecule has 0 amide bonds. The minimum Gasteiger partial charge on any atom is -0.369 e. The van der Waals surface area contributed by atoms with E-state index in [0.717, 1.165) is 30.8 Å². The fourth-order valence-electron chi connectivity index (χ4n) is 2.60. The predicted molar refractivity (Wildman–Crippen MR) is 81.8 cm³/mol. The molecule has 4 heteroatoms. The van der Waals surface area contributed by atoms with Gasteiger partial charge in [0, 0.05) is 49.4 Å². The lowest BCUT2D eigenvalue weighted by atomic mass is 10.1. The molecule has 0 saturated carbocycles. The molecule has 0 spiro atoms. The fourth-order valence-corrected chi connectivity index (χ4v) is 2.60. The second kappa shape index (κ2) is 6.01. The Kier molecular flexibility index (Phi) is 3.92. The van der Waals surface area contributed by atoms with E-state index >= 15 is 0 Å².